The molecule has 3 aromatic carbocycles. The van der Waals surface area contributed by atoms with Crippen LogP contribution in [0.15, 0.2) is 72.8 Å². The Morgan fingerprint density at radius 1 is 1.00 bits per heavy atom. The average Bonchev–Trinajstić information content (AvgIpc) is 3.45. The Labute approximate surface area is 258 Å². The number of ether oxygens (including phenoxy) is 3. The molecule has 1 amide bonds. The number of β-amino-alcohol motifs (C(OH)–C–C–N with tert-alkyl or cyclic N) is 1. The molecular formula is C35H42N2O7. The van der Waals surface area contributed by atoms with Gasteiger partial charge in [-0.3, -0.25) is 14.5 Å². The van der Waals surface area contributed by atoms with E-state index < -0.39 is 18.4 Å². The second-order valence-corrected chi connectivity index (χ2v) is 11.8. The number of nitrogens with zero attached hydrogens (tertiary/aromatic N) is 1. The van der Waals surface area contributed by atoms with Crippen molar-refractivity contribution in [3.63, 3.8) is 0 Å². The largest absolute Gasteiger partial charge is 0.453 e. The fourth-order valence-corrected chi connectivity index (χ4v) is 5.89. The molecule has 2 aliphatic rings. The van der Waals surface area contributed by atoms with Gasteiger partial charge in [0.1, 0.15) is 0 Å². The van der Waals surface area contributed by atoms with E-state index in [9.17, 15) is 19.8 Å². The molecule has 6 atom stereocenters. The Morgan fingerprint density at radius 2 is 1.73 bits per heavy atom. The number of hydrogen-bond donors (Lipinski definition) is 3. The van der Waals surface area contributed by atoms with Gasteiger partial charge in [0.25, 0.3) is 5.91 Å². The third kappa shape index (κ3) is 7.91. The van der Waals surface area contributed by atoms with Gasteiger partial charge in [-0.05, 0) is 47.2 Å². The Morgan fingerprint density at radius 3 is 2.39 bits per heavy atom. The smallest absolute Gasteiger partial charge is 0.303 e. The maximum atomic E-state index is 12.3. The third-order valence-corrected chi connectivity index (χ3v) is 8.43. The van der Waals surface area contributed by atoms with Gasteiger partial charge in [0.2, 0.25) is 0 Å². The van der Waals surface area contributed by atoms with E-state index in [1.807, 2.05) is 72.8 Å². The number of hydrogen-bond acceptors (Lipinski definition) is 8. The Hall–Kier alpha value is -3.60. The van der Waals surface area contributed by atoms with Crippen LogP contribution in [0.4, 0.5) is 0 Å². The minimum absolute atomic E-state index is 0.00775. The fraction of sp³-hybridized carbons (Fsp3) is 0.429. The Bertz CT molecular complexity index is 1410. The van der Waals surface area contributed by atoms with Gasteiger partial charge >= 0.3 is 5.97 Å². The summed E-state index contributed by atoms with van der Waals surface area (Å²) in [6.45, 7) is 7.48. The maximum absolute atomic E-state index is 12.3. The van der Waals surface area contributed by atoms with Crippen LogP contribution in [0, 0.1) is 5.92 Å². The molecule has 0 bridgehead atoms. The number of carbonyl (C=O) groups is 2. The lowest BCUT2D eigenvalue weighted by Crippen LogP contribution is -2.44. The highest BCUT2D eigenvalue weighted by Gasteiger charge is 2.39. The molecule has 3 aromatic rings. The number of esters is 1. The highest BCUT2D eigenvalue weighted by Crippen LogP contribution is 2.42. The van der Waals surface area contributed by atoms with Crippen LogP contribution in [0.25, 0.3) is 11.1 Å². The van der Waals surface area contributed by atoms with E-state index in [4.69, 9.17) is 14.2 Å². The van der Waals surface area contributed by atoms with Crippen molar-refractivity contribution in [1.82, 2.24) is 10.2 Å². The predicted octanol–water partition coefficient (Wildman–Crippen LogP) is 4.27. The molecule has 2 saturated heterocycles. The van der Waals surface area contributed by atoms with E-state index in [0.717, 1.165) is 46.3 Å². The van der Waals surface area contributed by atoms with E-state index in [2.05, 4.69) is 17.1 Å². The summed E-state index contributed by atoms with van der Waals surface area (Å²) in [6.07, 6.45) is -1.24. The van der Waals surface area contributed by atoms with Crippen molar-refractivity contribution in [1.29, 1.82) is 0 Å². The van der Waals surface area contributed by atoms with Crippen molar-refractivity contribution in [2.24, 2.45) is 5.92 Å². The summed E-state index contributed by atoms with van der Waals surface area (Å²) in [5.74, 6) is -0.770. The van der Waals surface area contributed by atoms with Gasteiger partial charge < -0.3 is 29.7 Å². The molecule has 9 heteroatoms. The normalized spacial score (nSPS) is 24.5. The second-order valence-electron chi connectivity index (χ2n) is 11.8. The average molecular weight is 603 g/mol. The van der Waals surface area contributed by atoms with Crippen LogP contribution in [-0.4, -0.2) is 64.9 Å². The standard InChI is InChI=1S/C35H42N2O7/c1-22-32(20-37-16-15-31(40)19-37)43-35(44-33(22)28-9-7-25(21-38)8-10-28)29-13-11-27(12-14-29)30-6-4-5-26(17-30)18-36-34(41)23(2)42-24(3)39/h4-14,17,22-23,31-33,35,38,40H,15-16,18-21H2,1-3H3,(H,36,41). The molecular weight excluding hydrogens is 560 g/mol. The minimum Gasteiger partial charge on any atom is -0.453 e. The highest BCUT2D eigenvalue weighted by atomic mass is 16.7. The van der Waals surface area contributed by atoms with E-state index >= 15 is 0 Å². The van der Waals surface area contributed by atoms with Crippen LogP contribution in [0.2, 0.25) is 0 Å². The fourth-order valence-electron chi connectivity index (χ4n) is 5.89. The van der Waals surface area contributed by atoms with Crippen LogP contribution < -0.4 is 5.32 Å². The first-order chi connectivity index (χ1) is 21.2. The van der Waals surface area contributed by atoms with Crippen LogP contribution in [0.5, 0.6) is 0 Å². The number of aliphatic hydroxyl groups excluding tert-OH is 2. The van der Waals surface area contributed by atoms with Crippen LogP contribution in [-0.2, 0) is 37.0 Å². The lowest BCUT2D eigenvalue weighted by atomic mass is 9.90. The van der Waals surface area contributed by atoms with Crippen LogP contribution in [0.1, 0.15) is 61.8 Å². The first kappa shape index (κ1) is 31.8. The summed E-state index contributed by atoms with van der Waals surface area (Å²) in [4.78, 5) is 25.7. The van der Waals surface area contributed by atoms with Gasteiger partial charge in [0, 0.05) is 44.6 Å². The van der Waals surface area contributed by atoms with Gasteiger partial charge in [-0.15, -0.1) is 0 Å². The molecule has 44 heavy (non-hydrogen) atoms. The zero-order valence-electron chi connectivity index (χ0n) is 25.5. The molecule has 2 aliphatic heterocycles. The summed E-state index contributed by atoms with van der Waals surface area (Å²) < 4.78 is 18.1. The second kappa shape index (κ2) is 14.5. The first-order valence-corrected chi connectivity index (χ1v) is 15.3. The van der Waals surface area contributed by atoms with Gasteiger partial charge in [-0.1, -0.05) is 73.7 Å². The molecule has 5 rings (SSSR count). The predicted molar refractivity (Wildman–Crippen MR) is 165 cm³/mol. The summed E-state index contributed by atoms with van der Waals surface area (Å²) in [6, 6.07) is 23.9. The lowest BCUT2D eigenvalue weighted by molar-refractivity contribution is -0.276. The summed E-state index contributed by atoms with van der Waals surface area (Å²) in [5, 5.41) is 22.4. The van der Waals surface area contributed by atoms with E-state index in [0.29, 0.717) is 19.6 Å². The van der Waals surface area contributed by atoms with Gasteiger partial charge in [-0.25, -0.2) is 0 Å². The number of nitrogens with one attached hydrogen (secondary N) is 1. The topological polar surface area (TPSA) is 118 Å². The zero-order valence-corrected chi connectivity index (χ0v) is 25.5. The molecule has 0 aliphatic carbocycles. The van der Waals surface area contributed by atoms with Crippen molar-refractivity contribution >= 4 is 11.9 Å². The Balaban J connectivity index is 1.30. The first-order valence-electron chi connectivity index (χ1n) is 15.3. The summed E-state index contributed by atoms with van der Waals surface area (Å²) >= 11 is 0. The van der Waals surface area contributed by atoms with Crippen LogP contribution >= 0.6 is 0 Å². The number of amides is 1. The van der Waals surface area contributed by atoms with Gasteiger partial charge in [-0.2, -0.15) is 0 Å². The van der Waals surface area contributed by atoms with E-state index in [1.54, 1.807) is 6.92 Å². The SMILES string of the molecule is CC(=O)OC(C)C(=O)NCc1cccc(-c2ccc(C3OC(CN4CCC(O)C4)C(C)C(c4ccc(CO)cc4)O3)cc2)c1. The van der Waals surface area contributed by atoms with Gasteiger partial charge in [0.05, 0.1) is 24.9 Å². The number of aliphatic hydroxyl groups is 2. The Kier molecular flexibility index (Phi) is 10.5. The van der Waals surface area contributed by atoms with Crippen molar-refractivity contribution in [3.05, 3.63) is 95.1 Å². The molecule has 2 fully saturated rings. The van der Waals surface area contributed by atoms with Crippen LogP contribution in [0.3, 0.4) is 0 Å². The zero-order chi connectivity index (χ0) is 31.2. The molecule has 3 N–H and O–H groups in total. The van der Waals surface area contributed by atoms with Gasteiger partial charge in [0.15, 0.2) is 12.4 Å². The molecule has 0 saturated carbocycles. The molecule has 0 spiro atoms. The molecule has 6 unspecified atom stereocenters. The number of likely N-dealkylation sites (tertiary alicyclic amines) is 1. The van der Waals surface area contributed by atoms with Crippen molar-refractivity contribution in [3.8, 4) is 11.1 Å². The quantitative estimate of drug-likeness (QED) is 0.295. The lowest BCUT2D eigenvalue weighted by Gasteiger charge is -2.42. The third-order valence-electron chi connectivity index (χ3n) is 8.43. The summed E-state index contributed by atoms with van der Waals surface area (Å²) in [7, 11) is 0. The van der Waals surface area contributed by atoms with Crippen molar-refractivity contribution in [2.45, 2.75) is 71.0 Å². The maximum Gasteiger partial charge on any atom is 0.303 e. The van der Waals surface area contributed by atoms with Crippen molar-refractivity contribution in [2.75, 3.05) is 19.6 Å². The minimum atomic E-state index is -0.850. The molecule has 0 radical (unpaired) electrons. The molecule has 2 heterocycles. The number of carbonyl (C=O) groups excluding carboxylic acids is 2. The van der Waals surface area contributed by atoms with E-state index in [-0.39, 0.29) is 36.7 Å². The van der Waals surface area contributed by atoms with Crippen molar-refractivity contribution < 1.29 is 34.0 Å². The molecule has 234 valence electrons. The molecule has 9 nitrogen and oxygen atoms in total. The highest BCUT2D eigenvalue weighted by molar-refractivity contribution is 5.82. The monoisotopic (exact) mass is 602 g/mol. The number of benzene rings is 3. The summed E-state index contributed by atoms with van der Waals surface area (Å²) in [5.41, 5.74) is 5.74. The van der Waals surface area contributed by atoms with E-state index in [1.165, 1.54) is 6.92 Å². The number of rotatable bonds is 10. The molecule has 0 aromatic heterocycles.